The Balaban J connectivity index is 1.65. The Bertz CT molecular complexity index is 777. The van der Waals surface area contributed by atoms with Crippen LogP contribution < -0.4 is 15.0 Å². The minimum absolute atomic E-state index is 0.0498. The highest BCUT2D eigenvalue weighted by atomic mass is 79.9. The molecule has 2 amide bonds. The van der Waals surface area contributed by atoms with Crippen molar-refractivity contribution in [2.24, 2.45) is 5.92 Å². The number of hydrogen-bond donors (Lipinski definition) is 1. The number of thiophene rings is 1. The second-order valence-electron chi connectivity index (χ2n) is 5.73. The van der Waals surface area contributed by atoms with Gasteiger partial charge in [0.2, 0.25) is 11.8 Å². The van der Waals surface area contributed by atoms with Crippen molar-refractivity contribution in [3.63, 3.8) is 0 Å². The van der Waals surface area contributed by atoms with Gasteiger partial charge in [0.05, 0.1) is 28.5 Å². The van der Waals surface area contributed by atoms with E-state index in [1.54, 1.807) is 16.2 Å². The molecular formula is C18H19BrN2O3S. The molecule has 5 nitrogen and oxygen atoms in total. The van der Waals surface area contributed by atoms with Crippen LogP contribution in [0.3, 0.4) is 0 Å². The van der Waals surface area contributed by atoms with Crippen LogP contribution in [0.5, 0.6) is 5.75 Å². The molecule has 1 atom stereocenters. The van der Waals surface area contributed by atoms with Crippen molar-refractivity contribution < 1.29 is 14.3 Å². The topological polar surface area (TPSA) is 58.6 Å². The Labute approximate surface area is 159 Å². The smallest absolute Gasteiger partial charge is 0.227 e. The van der Waals surface area contributed by atoms with Gasteiger partial charge >= 0.3 is 0 Å². The second kappa shape index (κ2) is 8.01. The van der Waals surface area contributed by atoms with Gasteiger partial charge in [0.1, 0.15) is 5.75 Å². The standard InChI is InChI=1S/C18H19BrN2O3S/c1-2-24-15-6-4-3-5-14(15)21-11-12(9-17(21)22)18(23)20-10-13-7-8-16(19)25-13/h3-8,12H,2,9-11H2,1H3,(H,20,23). The summed E-state index contributed by atoms with van der Waals surface area (Å²) in [6, 6.07) is 11.4. The third-order valence-corrected chi connectivity index (χ3v) is 5.64. The molecule has 2 heterocycles. The van der Waals surface area contributed by atoms with Gasteiger partial charge in [-0.1, -0.05) is 12.1 Å². The maximum Gasteiger partial charge on any atom is 0.227 e. The minimum atomic E-state index is -0.342. The molecule has 0 aliphatic carbocycles. The average Bonchev–Trinajstić information content (AvgIpc) is 3.19. The Morgan fingerprint density at radius 2 is 2.16 bits per heavy atom. The number of benzene rings is 1. The van der Waals surface area contributed by atoms with E-state index < -0.39 is 0 Å². The highest BCUT2D eigenvalue weighted by molar-refractivity contribution is 9.11. The predicted octanol–water partition coefficient (Wildman–Crippen LogP) is 3.58. The van der Waals surface area contributed by atoms with Crippen molar-refractivity contribution in [3.05, 3.63) is 45.1 Å². The zero-order chi connectivity index (χ0) is 17.8. The van der Waals surface area contributed by atoms with Gasteiger partial charge < -0.3 is 15.0 Å². The van der Waals surface area contributed by atoms with Crippen LogP contribution in [0.15, 0.2) is 40.2 Å². The van der Waals surface area contributed by atoms with Crippen LogP contribution in [0.1, 0.15) is 18.2 Å². The van der Waals surface area contributed by atoms with E-state index in [2.05, 4.69) is 21.2 Å². The van der Waals surface area contributed by atoms with Gasteiger partial charge in [0.25, 0.3) is 0 Å². The maximum absolute atomic E-state index is 12.4. The van der Waals surface area contributed by atoms with Gasteiger partial charge in [-0.05, 0) is 47.1 Å². The van der Waals surface area contributed by atoms with E-state index >= 15 is 0 Å². The Kier molecular flexibility index (Phi) is 5.75. The lowest BCUT2D eigenvalue weighted by atomic mass is 10.1. The number of anilines is 1. The predicted molar refractivity (Wildman–Crippen MR) is 102 cm³/mol. The molecule has 1 aliphatic heterocycles. The van der Waals surface area contributed by atoms with Crippen LogP contribution >= 0.6 is 27.3 Å². The monoisotopic (exact) mass is 422 g/mol. The lowest BCUT2D eigenvalue weighted by Gasteiger charge is -2.20. The first kappa shape index (κ1) is 17.9. The molecule has 1 fully saturated rings. The van der Waals surface area contributed by atoms with Gasteiger partial charge in [-0.2, -0.15) is 0 Å². The van der Waals surface area contributed by atoms with Gasteiger partial charge in [-0.3, -0.25) is 9.59 Å². The lowest BCUT2D eigenvalue weighted by Crippen LogP contribution is -2.32. The molecule has 2 aromatic rings. The van der Waals surface area contributed by atoms with Crippen molar-refractivity contribution in [1.29, 1.82) is 0 Å². The molecule has 1 N–H and O–H groups in total. The quantitative estimate of drug-likeness (QED) is 0.773. The number of hydrogen-bond acceptors (Lipinski definition) is 4. The van der Waals surface area contributed by atoms with Crippen LogP contribution in [0, 0.1) is 5.92 Å². The highest BCUT2D eigenvalue weighted by Crippen LogP contribution is 2.33. The SMILES string of the molecule is CCOc1ccccc1N1CC(C(=O)NCc2ccc(Br)s2)CC1=O. The number of nitrogens with zero attached hydrogens (tertiary/aromatic N) is 1. The van der Waals surface area contributed by atoms with Crippen LogP contribution in [0.4, 0.5) is 5.69 Å². The fourth-order valence-corrected chi connectivity index (χ4v) is 4.26. The van der Waals surface area contributed by atoms with Gasteiger partial charge in [-0.15, -0.1) is 11.3 Å². The second-order valence-corrected chi connectivity index (χ2v) is 8.28. The summed E-state index contributed by atoms with van der Waals surface area (Å²) in [5.74, 6) is 0.189. The highest BCUT2D eigenvalue weighted by Gasteiger charge is 2.36. The van der Waals surface area contributed by atoms with E-state index in [4.69, 9.17) is 4.74 Å². The molecule has 1 aliphatic rings. The number of carbonyl (C=O) groups is 2. The molecule has 0 bridgehead atoms. The fourth-order valence-electron chi connectivity index (χ4n) is 2.84. The first-order chi connectivity index (χ1) is 12.1. The molecule has 1 aromatic heterocycles. The Morgan fingerprint density at radius 1 is 1.36 bits per heavy atom. The van der Waals surface area contributed by atoms with Crippen molar-refractivity contribution in [2.45, 2.75) is 19.9 Å². The third-order valence-electron chi connectivity index (χ3n) is 4.02. The van der Waals surface area contributed by atoms with Gasteiger partial charge in [0.15, 0.2) is 0 Å². The number of ether oxygens (including phenoxy) is 1. The van der Waals surface area contributed by atoms with E-state index in [1.165, 1.54) is 0 Å². The summed E-state index contributed by atoms with van der Waals surface area (Å²) in [6.07, 6.45) is 0.223. The van der Waals surface area contributed by atoms with E-state index in [0.29, 0.717) is 25.4 Å². The molecule has 0 spiro atoms. The molecule has 25 heavy (non-hydrogen) atoms. The molecule has 7 heteroatoms. The zero-order valence-electron chi connectivity index (χ0n) is 13.8. The van der Waals surface area contributed by atoms with Crippen molar-refractivity contribution in [3.8, 4) is 5.75 Å². The first-order valence-corrected chi connectivity index (χ1v) is 9.73. The van der Waals surface area contributed by atoms with Crippen molar-refractivity contribution in [2.75, 3.05) is 18.1 Å². The normalized spacial score (nSPS) is 17.0. The van der Waals surface area contributed by atoms with Gasteiger partial charge in [-0.25, -0.2) is 0 Å². The number of nitrogens with one attached hydrogen (secondary N) is 1. The summed E-state index contributed by atoms with van der Waals surface area (Å²) >= 11 is 4.99. The van der Waals surface area contributed by atoms with Crippen molar-refractivity contribution in [1.82, 2.24) is 5.32 Å². The molecule has 1 saturated heterocycles. The van der Waals surface area contributed by atoms with Gasteiger partial charge in [0, 0.05) is 17.8 Å². The maximum atomic E-state index is 12.4. The Morgan fingerprint density at radius 3 is 2.88 bits per heavy atom. The van der Waals surface area contributed by atoms with E-state index in [0.717, 1.165) is 14.4 Å². The molecular weight excluding hydrogens is 404 g/mol. The summed E-state index contributed by atoms with van der Waals surface area (Å²) < 4.78 is 6.64. The third kappa shape index (κ3) is 4.22. The molecule has 1 aromatic carbocycles. The van der Waals surface area contributed by atoms with E-state index in [-0.39, 0.29) is 24.2 Å². The largest absolute Gasteiger partial charge is 0.492 e. The van der Waals surface area contributed by atoms with Crippen molar-refractivity contribution >= 4 is 44.8 Å². The van der Waals surface area contributed by atoms with Crippen LogP contribution in [0.25, 0.3) is 0 Å². The molecule has 0 radical (unpaired) electrons. The molecule has 0 saturated carbocycles. The number of carbonyl (C=O) groups excluding carboxylic acids is 2. The van der Waals surface area contributed by atoms with Crippen LogP contribution in [-0.2, 0) is 16.1 Å². The summed E-state index contributed by atoms with van der Waals surface area (Å²) in [4.78, 5) is 27.6. The Hall–Kier alpha value is -1.86. The average molecular weight is 423 g/mol. The minimum Gasteiger partial charge on any atom is -0.492 e. The van der Waals surface area contributed by atoms with Crippen LogP contribution in [0.2, 0.25) is 0 Å². The summed E-state index contributed by atoms with van der Waals surface area (Å²) in [5.41, 5.74) is 0.729. The number of rotatable bonds is 6. The number of amides is 2. The zero-order valence-corrected chi connectivity index (χ0v) is 16.2. The lowest BCUT2D eigenvalue weighted by molar-refractivity contribution is -0.126. The summed E-state index contributed by atoms with van der Waals surface area (Å²) in [6.45, 7) is 3.29. The van der Waals surface area contributed by atoms with E-state index in [9.17, 15) is 9.59 Å². The molecule has 1 unspecified atom stereocenters. The summed E-state index contributed by atoms with van der Waals surface area (Å²) in [7, 11) is 0. The number of halogens is 1. The van der Waals surface area contributed by atoms with Crippen LogP contribution in [-0.4, -0.2) is 25.0 Å². The first-order valence-electron chi connectivity index (χ1n) is 8.12. The molecule has 132 valence electrons. The number of para-hydroxylation sites is 2. The van der Waals surface area contributed by atoms with E-state index in [1.807, 2.05) is 43.3 Å². The molecule has 3 rings (SSSR count). The summed E-state index contributed by atoms with van der Waals surface area (Å²) in [5, 5.41) is 2.93. The fraction of sp³-hybridized carbons (Fsp3) is 0.333.